The van der Waals surface area contributed by atoms with Gasteiger partial charge in [-0.05, 0) is 25.0 Å². The topological polar surface area (TPSA) is 37.8 Å². The molecule has 1 unspecified atom stereocenters. The van der Waals surface area contributed by atoms with Crippen LogP contribution in [0.25, 0.3) is 0 Å². The third-order valence-electron chi connectivity index (χ3n) is 2.16. The zero-order chi connectivity index (χ0) is 11.1. The Morgan fingerprint density at radius 3 is 2.80 bits per heavy atom. The van der Waals surface area contributed by atoms with E-state index in [0.717, 1.165) is 35.2 Å². The molecule has 86 valence electrons. The molecule has 0 saturated heterocycles. The molecule has 0 fully saturated rings. The van der Waals surface area contributed by atoms with Gasteiger partial charge in [0, 0.05) is 6.42 Å². The first kappa shape index (κ1) is 12.9. The molecular weight excluding hydrogens is 226 g/mol. The van der Waals surface area contributed by atoms with Crippen molar-refractivity contribution >= 4 is 23.1 Å². The van der Waals surface area contributed by atoms with Crippen LogP contribution in [-0.4, -0.2) is 28.8 Å². The van der Waals surface area contributed by atoms with E-state index < -0.39 is 0 Å². The van der Waals surface area contributed by atoms with Gasteiger partial charge >= 0.3 is 0 Å². The van der Waals surface area contributed by atoms with Crippen molar-refractivity contribution in [1.29, 1.82) is 0 Å². The first-order chi connectivity index (χ1) is 7.31. The van der Waals surface area contributed by atoms with Crippen LogP contribution in [0, 0.1) is 0 Å². The van der Waals surface area contributed by atoms with Crippen molar-refractivity contribution < 1.29 is 0 Å². The monoisotopic (exact) mass is 245 g/mol. The van der Waals surface area contributed by atoms with Crippen molar-refractivity contribution in [2.24, 2.45) is 0 Å². The summed E-state index contributed by atoms with van der Waals surface area (Å²) in [5.74, 6) is 1.13. The molecular formula is C10H19N3S2. The van der Waals surface area contributed by atoms with Gasteiger partial charge in [-0.3, -0.25) is 0 Å². The standard InChI is InChI=1S/C10H19N3S2/c1-4-8(11-5-2)10-13-12-9(15-10)6-7-14-3/h8,11H,4-7H2,1-3H3. The lowest BCUT2D eigenvalue weighted by molar-refractivity contribution is 0.531. The van der Waals surface area contributed by atoms with E-state index in [1.54, 1.807) is 11.3 Å². The number of aryl methyl sites for hydroxylation is 1. The van der Waals surface area contributed by atoms with E-state index >= 15 is 0 Å². The van der Waals surface area contributed by atoms with E-state index in [-0.39, 0.29) is 0 Å². The number of hydrogen-bond acceptors (Lipinski definition) is 5. The summed E-state index contributed by atoms with van der Waals surface area (Å²) in [7, 11) is 0. The maximum absolute atomic E-state index is 4.26. The Bertz CT molecular complexity index is 275. The van der Waals surface area contributed by atoms with Gasteiger partial charge in [0.2, 0.25) is 0 Å². The summed E-state index contributed by atoms with van der Waals surface area (Å²) in [5, 5.41) is 14.2. The molecule has 0 aromatic carbocycles. The molecule has 15 heavy (non-hydrogen) atoms. The molecule has 1 atom stereocenters. The molecule has 0 aliphatic carbocycles. The number of nitrogens with one attached hydrogen (secondary N) is 1. The maximum Gasteiger partial charge on any atom is 0.134 e. The van der Waals surface area contributed by atoms with Gasteiger partial charge in [-0.1, -0.05) is 25.2 Å². The van der Waals surface area contributed by atoms with Gasteiger partial charge in [-0.2, -0.15) is 11.8 Å². The highest BCUT2D eigenvalue weighted by Crippen LogP contribution is 2.21. The third kappa shape index (κ3) is 4.09. The maximum atomic E-state index is 4.26. The number of aromatic nitrogens is 2. The zero-order valence-electron chi connectivity index (χ0n) is 9.62. The fourth-order valence-electron chi connectivity index (χ4n) is 1.35. The van der Waals surface area contributed by atoms with Crippen LogP contribution in [0.1, 0.15) is 36.3 Å². The highest BCUT2D eigenvalue weighted by atomic mass is 32.2. The SMILES string of the molecule is CCNC(CC)c1nnc(CCSC)s1. The van der Waals surface area contributed by atoms with Crippen molar-refractivity contribution in [2.75, 3.05) is 18.6 Å². The van der Waals surface area contributed by atoms with Gasteiger partial charge in [-0.25, -0.2) is 0 Å². The van der Waals surface area contributed by atoms with Gasteiger partial charge in [0.25, 0.3) is 0 Å². The molecule has 0 spiro atoms. The number of nitrogens with zero attached hydrogens (tertiary/aromatic N) is 2. The summed E-state index contributed by atoms with van der Waals surface area (Å²) in [6.45, 7) is 5.28. The van der Waals surface area contributed by atoms with Crippen LogP contribution in [0.15, 0.2) is 0 Å². The van der Waals surface area contributed by atoms with E-state index in [4.69, 9.17) is 0 Å². The molecule has 1 rings (SSSR count). The average molecular weight is 245 g/mol. The fourth-order valence-corrected chi connectivity index (χ4v) is 2.88. The highest BCUT2D eigenvalue weighted by molar-refractivity contribution is 7.98. The molecule has 0 aliphatic rings. The van der Waals surface area contributed by atoms with Gasteiger partial charge in [0.05, 0.1) is 6.04 Å². The lowest BCUT2D eigenvalue weighted by Crippen LogP contribution is -2.19. The second-order valence-electron chi connectivity index (χ2n) is 3.30. The summed E-state index contributed by atoms with van der Waals surface area (Å²) in [6, 6.07) is 0.385. The molecule has 0 radical (unpaired) electrons. The van der Waals surface area contributed by atoms with Crippen LogP contribution in [0.3, 0.4) is 0 Å². The van der Waals surface area contributed by atoms with Gasteiger partial charge in [0.1, 0.15) is 10.0 Å². The van der Waals surface area contributed by atoms with E-state index in [1.165, 1.54) is 0 Å². The first-order valence-corrected chi connectivity index (χ1v) is 7.57. The van der Waals surface area contributed by atoms with Gasteiger partial charge in [-0.15, -0.1) is 10.2 Å². The smallest absolute Gasteiger partial charge is 0.134 e. The summed E-state index contributed by atoms with van der Waals surface area (Å²) >= 11 is 3.60. The van der Waals surface area contributed by atoms with E-state index in [9.17, 15) is 0 Å². The Morgan fingerprint density at radius 1 is 1.40 bits per heavy atom. The number of hydrogen-bond donors (Lipinski definition) is 1. The predicted molar refractivity (Wildman–Crippen MR) is 68.7 cm³/mol. The molecule has 0 saturated carbocycles. The van der Waals surface area contributed by atoms with Crippen LogP contribution in [0.5, 0.6) is 0 Å². The van der Waals surface area contributed by atoms with Crippen LogP contribution in [0.2, 0.25) is 0 Å². The minimum absolute atomic E-state index is 0.385. The van der Waals surface area contributed by atoms with Gasteiger partial charge < -0.3 is 5.32 Å². The molecule has 1 N–H and O–H groups in total. The molecule has 0 bridgehead atoms. The summed E-state index contributed by atoms with van der Waals surface area (Å²) < 4.78 is 0. The predicted octanol–water partition coefficient (Wildman–Crippen LogP) is 2.50. The van der Waals surface area contributed by atoms with E-state index in [0.29, 0.717) is 6.04 Å². The summed E-state index contributed by atoms with van der Waals surface area (Å²) in [6.07, 6.45) is 4.24. The second kappa shape index (κ2) is 7.19. The zero-order valence-corrected chi connectivity index (χ0v) is 11.2. The Kier molecular flexibility index (Phi) is 6.20. The number of thioether (sulfide) groups is 1. The van der Waals surface area contributed by atoms with Crippen LogP contribution < -0.4 is 5.32 Å². The fraction of sp³-hybridized carbons (Fsp3) is 0.800. The summed E-state index contributed by atoms with van der Waals surface area (Å²) in [5.41, 5.74) is 0. The quantitative estimate of drug-likeness (QED) is 0.801. The molecule has 0 aliphatic heterocycles. The summed E-state index contributed by atoms with van der Waals surface area (Å²) in [4.78, 5) is 0. The Balaban J connectivity index is 2.56. The molecule has 3 nitrogen and oxygen atoms in total. The van der Waals surface area contributed by atoms with Crippen molar-refractivity contribution in [2.45, 2.75) is 32.7 Å². The highest BCUT2D eigenvalue weighted by Gasteiger charge is 2.13. The molecule has 1 heterocycles. The minimum atomic E-state index is 0.385. The van der Waals surface area contributed by atoms with Crippen LogP contribution in [0.4, 0.5) is 0 Å². The van der Waals surface area contributed by atoms with Crippen molar-refractivity contribution in [3.63, 3.8) is 0 Å². The number of rotatable bonds is 7. The normalized spacial score (nSPS) is 13.0. The first-order valence-electron chi connectivity index (χ1n) is 5.36. The van der Waals surface area contributed by atoms with E-state index in [2.05, 4.69) is 35.6 Å². The van der Waals surface area contributed by atoms with Crippen molar-refractivity contribution in [3.8, 4) is 0 Å². The van der Waals surface area contributed by atoms with Crippen LogP contribution in [-0.2, 0) is 6.42 Å². The Morgan fingerprint density at radius 2 is 2.20 bits per heavy atom. The van der Waals surface area contributed by atoms with Crippen molar-refractivity contribution in [3.05, 3.63) is 10.0 Å². The van der Waals surface area contributed by atoms with E-state index in [1.807, 2.05) is 11.8 Å². The second-order valence-corrected chi connectivity index (χ2v) is 5.37. The van der Waals surface area contributed by atoms with Crippen LogP contribution >= 0.6 is 23.1 Å². The van der Waals surface area contributed by atoms with Gasteiger partial charge in [0.15, 0.2) is 0 Å². The molecule has 1 aromatic rings. The lowest BCUT2D eigenvalue weighted by atomic mass is 10.2. The Hall–Kier alpha value is -0.130. The minimum Gasteiger partial charge on any atom is -0.308 e. The van der Waals surface area contributed by atoms with Crippen molar-refractivity contribution in [1.82, 2.24) is 15.5 Å². The Labute approximate surface area is 100 Å². The third-order valence-corrected chi connectivity index (χ3v) is 3.87. The molecule has 5 heteroatoms. The lowest BCUT2D eigenvalue weighted by Gasteiger charge is -2.10. The largest absolute Gasteiger partial charge is 0.308 e. The molecule has 0 amide bonds. The molecule has 1 aromatic heterocycles. The average Bonchev–Trinajstić information content (AvgIpc) is 2.71.